The number of allylic oxidation sites excluding steroid dienone is 2. The third kappa shape index (κ3) is 5.69. The van der Waals surface area contributed by atoms with E-state index in [2.05, 4.69) is 5.32 Å². The Morgan fingerprint density at radius 1 is 1.29 bits per heavy atom. The first-order chi connectivity index (χ1) is 9.96. The first kappa shape index (κ1) is 16.8. The van der Waals surface area contributed by atoms with Crippen molar-refractivity contribution in [2.24, 2.45) is 0 Å². The van der Waals surface area contributed by atoms with E-state index >= 15 is 0 Å². The smallest absolute Gasteiger partial charge is 0.310 e. The molecule has 5 nitrogen and oxygen atoms in total. The summed E-state index contributed by atoms with van der Waals surface area (Å²) in [7, 11) is 0. The lowest BCUT2D eigenvalue weighted by Gasteiger charge is -2.13. The zero-order chi connectivity index (χ0) is 15.8. The van der Waals surface area contributed by atoms with Crippen LogP contribution in [0, 0.1) is 0 Å². The summed E-state index contributed by atoms with van der Waals surface area (Å²) in [4.78, 5) is 22.7. The summed E-state index contributed by atoms with van der Waals surface area (Å²) in [5.74, 6) is 0.764. The molecule has 0 aliphatic rings. The number of nitrogens with one attached hydrogen (secondary N) is 1. The maximum atomic E-state index is 11.6. The van der Waals surface area contributed by atoms with Gasteiger partial charge in [0.05, 0.1) is 18.8 Å². The SMILES string of the molecule is C/C=C(\C)Oc1cc(NC(C)=O)ccc1CC(=O)OCC. The van der Waals surface area contributed by atoms with Crippen molar-refractivity contribution in [3.05, 3.63) is 35.6 Å². The predicted molar refractivity (Wildman–Crippen MR) is 81.1 cm³/mol. The molecule has 114 valence electrons. The standard InChI is InChI=1S/C16H21NO4/c1-5-11(3)21-15-10-14(17-12(4)18)8-7-13(15)9-16(19)20-6-2/h5,7-8,10H,6,9H2,1-4H3,(H,17,18)/b11-5+. The molecule has 0 atom stereocenters. The molecule has 21 heavy (non-hydrogen) atoms. The summed E-state index contributed by atoms with van der Waals surface area (Å²) in [5, 5.41) is 2.69. The molecule has 0 aliphatic heterocycles. The van der Waals surface area contributed by atoms with Crippen LogP contribution in [0.5, 0.6) is 5.75 Å². The average molecular weight is 291 g/mol. The Morgan fingerprint density at radius 2 is 2.00 bits per heavy atom. The van der Waals surface area contributed by atoms with Gasteiger partial charge in [-0.1, -0.05) is 6.07 Å². The molecule has 0 aliphatic carbocycles. The van der Waals surface area contributed by atoms with Crippen LogP contribution in [0.2, 0.25) is 0 Å². The Balaban J connectivity index is 3.04. The van der Waals surface area contributed by atoms with Crippen molar-refractivity contribution >= 4 is 17.6 Å². The summed E-state index contributed by atoms with van der Waals surface area (Å²) in [5.41, 5.74) is 1.33. The summed E-state index contributed by atoms with van der Waals surface area (Å²) < 4.78 is 10.6. The molecule has 0 spiro atoms. The van der Waals surface area contributed by atoms with Gasteiger partial charge in [-0.3, -0.25) is 9.59 Å². The molecule has 5 heteroatoms. The summed E-state index contributed by atoms with van der Waals surface area (Å²) >= 11 is 0. The highest BCUT2D eigenvalue weighted by molar-refractivity contribution is 5.89. The van der Waals surface area contributed by atoms with Crippen LogP contribution in [-0.4, -0.2) is 18.5 Å². The quantitative estimate of drug-likeness (QED) is 0.646. The second kappa shape index (κ2) is 8.09. The summed E-state index contributed by atoms with van der Waals surface area (Å²) in [6.07, 6.45) is 1.94. The Bertz CT molecular complexity index is 549. The second-order valence-electron chi connectivity index (χ2n) is 4.49. The van der Waals surface area contributed by atoms with Crippen LogP contribution in [0.1, 0.15) is 33.3 Å². The molecule has 0 fully saturated rings. The zero-order valence-corrected chi connectivity index (χ0v) is 12.9. The number of esters is 1. The molecule has 1 aromatic carbocycles. The maximum absolute atomic E-state index is 11.6. The highest BCUT2D eigenvalue weighted by atomic mass is 16.5. The lowest BCUT2D eigenvalue weighted by Crippen LogP contribution is -2.10. The first-order valence-corrected chi connectivity index (χ1v) is 6.83. The highest BCUT2D eigenvalue weighted by Crippen LogP contribution is 2.26. The molecule has 0 saturated carbocycles. The van der Waals surface area contributed by atoms with Crippen molar-refractivity contribution in [2.45, 2.75) is 34.1 Å². The van der Waals surface area contributed by atoms with Crippen molar-refractivity contribution in [2.75, 3.05) is 11.9 Å². The minimum absolute atomic E-state index is 0.126. The number of hydrogen-bond donors (Lipinski definition) is 1. The van der Waals surface area contributed by atoms with E-state index in [9.17, 15) is 9.59 Å². The van der Waals surface area contributed by atoms with Crippen LogP contribution in [-0.2, 0) is 20.7 Å². The van der Waals surface area contributed by atoms with Gasteiger partial charge in [0.15, 0.2) is 0 Å². The fourth-order valence-corrected chi connectivity index (χ4v) is 1.68. The molecular formula is C16H21NO4. The van der Waals surface area contributed by atoms with Crippen LogP contribution in [0.3, 0.4) is 0 Å². The molecule has 0 aromatic heterocycles. The third-order valence-electron chi connectivity index (χ3n) is 2.71. The van der Waals surface area contributed by atoms with Gasteiger partial charge in [-0.05, 0) is 32.9 Å². The third-order valence-corrected chi connectivity index (χ3v) is 2.71. The van der Waals surface area contributed by atoms with E-state index < -0.39 is 0 Å². The molecule has 0 radical (unpaired) electrons. The minimum atomic E-state index is -0.312. The number of carbonyl (C=O) groups is 2. The van der Waals surface area contributed by atoms with Crippen LogP contribution in [0.4, 0.5) is 5.69 Å². The van der Waals surface area contributed by atoms with Gasteiger partial charge >= 0.3 is 5.97 Å². The number of rotatable bonds is 6. The van der Waals surface area contributed by atoms with E-state index in [0.717, 1.165) is 0 Å². The fraction of sp³-hybridized carbons (Fsp3) is 0.375. The van der Waals surface area contributed by atoms with Crippen molar-refractivity contribution in [3.63, 3.8) is 0 Å². The monoisotopic (exact) mass is 291 g/mol. The molecule has 1 amide bonds. The molecule has 1 rings (SSSR count). The number of benzene rings is 1. The van der Waals surface area contributed by atoms with Crippen molar-refractivity contribution in [3.8, 4) is 5.75 Å². The average Bonchev–Trinajstić information content (AvgIpc) is 2.41. The van der Waals surface area contributed by atoms with E-state index in [1.54, 1.807) is 25.1 Å². The van der Waals surface area contributed by atoms with E-state index in [1.807, 2.05) is 19.9 Å². The predicted octanol–water partition coefficient (Wildman–Crippen LogP) is 3.05. The summed E-state index contributed by atoms with van der Waals surface area (Å²) in [6, 6.07) is 5.18. The van der Waals surface area contributed by atoms with Gasteiger partial charge in [0.2, 0.25) is 5.91 Å². The van der Waals surface area contributed by atoms with E-state index in [-0.39, 0.29) is 18.3 Å². The van der Waals surface area contributed by atoms with E-state index in [4.69, 9.17) is 9.47 Å². The second-order valence-corrected chi connectivity index (χ2v) is 4.49. The lowest BCUT2D eigenvalue weighted by atomic mass is 10.1. The van der Waals surface area contributed by atoms with E-state index in [1.165, 1.54) is 6.92 Å². The Hall–Kier alpha value is -2.30. The topological polar surface area (TPSA) is 64.6 Å². The van der Waals surface area contributed by atoms with Gasteiger partial charge in [-0.25, -0.2) is 0 Å². The molecule has 0 heterocycles. The van der Waals surface area contributed by atoms with Gasteiger partial charge in [0.25, 0.3) is 0 Å². The Morgan fingerprint density at radius 3 is 2.57 bits per heavy atom. The van der Waals surface area contributed by atoms with Gasteiger partial charge in [-0.2, -0.15) is 0 Å². The number of hydrogen-bond acceptors (Lipinski definition) is 4. The van der Waals surface area contributed by atoms with E-state index in [0.29, 0.717) is 29.4 Å². The molecule has 0 bridgehead atoms. The molecule has 0 unspecified atom stereocenters. The Kier molecular flexibility index (Phi) is 6.46. The number of carbonyl (C=O) groups excluding carboxylic acids is 2. The molecule has 1 aromatic rings. The molecular weight excluding hydrogens is 270 g/mol. The van der Waals surface area contributed by atoms with Gasteiger partial charge in [0.1, 0.15) is 5.75 Å². The van der Waals surface area contributed by atoms with Crippen LogP contribution in [0.15, 0.2) is 30.0 Å². The zero-order valence-electron chi connectivity index (χ0n) is 12.9. The summed E-state index contributed by atoms with van der Waals surface area (Å²) in [6.45, 7) is 7.22. The van der Waals surface area contributed by atoms with Crippen LogP contribution < -0.4 is 10.1 Å². The van der Waals surface area contributed by atoms with Crippen LogP contribution >= 0.6 is 0 Å². The highest BCUT2D eigenvalue weighted by Gasteiger charge is 2.12. The Labute approximate surface area is 124 Å². The van der Waals surface area contributed by atoms with Gasteiger partial charge in [-0.15, -0.1) is 0 Å². The fourth-order valence-electron chi connectivity index (χ4n) is 1.68. The normalized spacial score (nSPS) is 11.0. The lowest BCUT2D eigenvalue weighted by molar-refractivity contribution is -0.142. The van der Waals surface area contributed by atoms with Gasteiger partial charge < -0.3 is 14.8 Å². The largest absolute Gasteiger partial charge is 0.466 e. The van der Waals surface area contributed by atoms with Gasteiger partial charge in [0, 0.05) is 24.2 Å². The van der Waals surface area contributed by atoms with Crippen LogP contribution in [0.25, 0.3) is 0 Å². The van der Waals surface area contributed by atoms with Crippen molar-refractivity contribution < 1.29 is 19.1 Å². The number of ether oxygens (including phenoxy) is 2. The van der Waals surface area contributed by atoms with Crippen molar-refractivity contribution in [1.82, 2.24) is 0 Å². The number of amides is 1. The molecule has 1 N–H and O–H groups in total. The first-order valence-electron chi connectivity index (χ1n) is 6.83. The number of anilines is 1. The van der Waals surface area contributed by atoms with Crippen molar-refractivity contribution in [1.29, 1.82) is 0 Å². The minimum Gasteiger partial charge on any atom is -0.466 e. The molecule has 0 saturated heterocycles. The maximum Gasteiger partial charge on any atom is 0.310 e.